The van der Waals surface area contributed by atoms with Crippen LogP contribution in [0.2, 0.25) is 0 Å². The highest BCUT2D eigenvalue weighted by Gasteiger charge is 2.13. The molecule has 4 aromatic rings. The molecule has 0 radical (unpaired) electrons. The van der Waals surface area contributed by atoms with Crippen molar-refractivity contribution in [1.29, 1.82) is 0 Å². The average Bonchev–Trinajstić information content (AvgIpc) is 3.13. The van der Waals surface area contributed by atoms with Gasteiger partial charge >= 0.3 is 0 Å². The van der Waals surface area contributed by atoms with Crippen molar-refractivity contribution in [3.8, 4) is 0 Å². The van der Waals surface area contributed by atoms with E-state index in [1.807, 2.05) is 31.2 Å². The van der Waals surface area contributed by atoms with Crippen LogP contribution in [0.25, 0.3) is 10.2 Å². The van der Waals surface area contributed by atoms with E-state index in [4.69, 9.17) is 0 Å². The molecule has 4 rings (SSSR count). The fourth-order valence-electron chi connectivity index (χ4n) is 2.36. The summed E-state index contributed by atoms with van der Waals surface area (Å²) >= 11 is 3.26. The van der Waals surface area contributed by atoms with Crippen molar-refractivity contribution in [2.75, 3.05) is 0 Å². The van der Waals surface area contributed by atoms with Crippen molar-refractivity contribution in [2.24, 2.45) is 0 Å². The minimum absolute atomic E-state index is 0.771. The summed E-state index contributed by atoms with van der Waals surface area (Å²) in [6, 6.07) is 18.5. The Morgan fingerprint density at radius 3 is 2.61 bits per heavy atom. The van der Waals surface area contributed by atoms with Gasteiger partial charge < -0.3 is 4.57 Å². The molecule has 0 N–H and O–H groups in total. The predicted octanol–water partition coefficient (Wildman–Crippen LogP) is 4.40. The van der Waals surface area contributed by atoms with E-state index in [0.717, 1.165) is 27.4 Å². The van der Waals surface area contributed by atoms with Crippen LogP contribution in [0.3, 0.4) is 0 Å². The number of aromatic nitrogens is 4. The van der Waals surface area contributed by atoms with Gasteiger partial charge in [-0.2, -0.15) is 0 Å². The van der Waals surface area contributed by atoms with Crippen LogP contribution in [-0.2, 0) is 6.54 Å². The molecule has 23 heavy (non-hydrogen) atoms. The molecule has 0 aliphatic heterocycles. The highest BCUT2D eigenvalue weighted by atomic mass is 32.2. The standard InChI is InChI=1S/C17H14N4S2/c1-12-19-20-16(21(12)11-13-7-3-2-4-8-13)23-17-18-14-9-5-6-10-15(14)22-17/h2-10H,11H2,1H3. The molecule has 0 bridgehead atoms. The van der Waals surface area contributed by atoms with Gasteiger partial charge in [0, 0.05) is 0 Å². The lowest BCUT2D eigenvalue weighted by Crippen LogP contribution is -2.03. The molecule has 0 aliphatic rings. The van der Waals surface area contributed by atoms with Gasteiger partial charge in [-0.15, -0.1) is 21.5 Å². The topological polar surface area (TPSA) is 43.6 Å². The molecule has 114 valence electrons. The van der Waals surface area contributed by atoms with E-state index in [9.17, 15) is 0 Å². The number of benzene rings is 2. The van der Waals surface area contributed by atoms with E-state index in [1.165, 1.54) is 10.3 Å². The zero-order valence-electron chi connectivity index (χ0n) is 12.5. The summed E-state index contributed by atoms with van der Waals surface area (Å²) in [6.45, 7) is 2.76. The Morgan fingerprint density at radius 1 is 1.00 bits per heavy atom. The zero-order chi connectivity index (χ0) is 15.6. The van der Waals surface area contributed by atoms with Crippen LogP contribution in [0.1, 0.15) is 11.4 Å². The molecule has 2 aromatic heterocycles. The van der Waals surface area contributed by atoms with Crippen LogP contribution in [0.5, 0.6) is 0 Å². The van der Waals surface area contributed by atoms with Crippen molar-refractivity contribution in [2.45, 2.75) is 23.0 Å². The fourth-order valence-corrected chi connectivity index (χ4v) is 4.40. The molecule has 0 atom stereocenters. The minimum Gasteiger partial charge on any atom is -0.301 e. The van der Waals surface area contributed by atoms with Gasteiger partial charge in [-0.05, 0) is 36.4 Å². The van der Waals surface area contributed by atoms with Crippen LogP contribution in [0, 0.1) is 6.92 Å². The summed E-state index contributed by atoms with van der Waals surface area (Å²) < 4.78 is 4.32. The van der Waals surface area contributed by atoms with Crippen molar-refractivity contribution < 1.29 is 0 Å². The third-order valence-electron chi connectivity index (χ3n) is 3.54. The highest BCUT2D eigenvalue weighted by molar-refractivity contribution is 8.01. The third-order valence-corrected chi connectivity index (χ3v) is 5.62. The van der Waals surface area contributed by atoms with Crippen molar-refractivity contribution in [3.63, 3.8) is 0 Å². The van der Waals surface area contributed by atoms with Crippen molar-refractivity contribution >= 4 is 33.3 Å². The SMILES string of the molecule is Cc1nnc(Sc2nc3ccccc3s2)n1Cc1ccccc1. The van der Waals surface area contributed by atoms with E-state index in [1.54, 1.807) is 23.1 Å². The number of nitrogens with zero attached hydrogens (tertiary/aromatic N) is 4. The molecule has 0 fully saturated rings. The smallest absolute Gasteiger partial charge is 0.198 e. The number of para-hydroxylation sites is 1. The Hall–Kier alpha value is -2.18. The van der Waals surface area contributed by atoms with Crippen LogP contribution in [-0.4, -0.2) is 19.7 Å². The van der Waals surface area contributed by atoms with Gasteiger partial charge in [-0.25, -0.2) is 4.98 Å². The zero-order valence-corrected chi connectivity index (χ0v) is 14.1. The summed E-state index contributed by atoms with van der Waals surface area (Å²) in [4.78, 5) is 4.67. The van der Waals surface area contributed by atoms with Gasteiger partial charge in [0.05, 0.1) is 16.8 Å². The average molecular weight is 338 g/mol. The van der Waals surface area contributed by atoms with E-state index >= 15 is 0 Å². The first-order valence-electron chi connectivity index (χ1n) is 7.27. The van der Waals surface area contributed by atoms with Gasteiger partial charge in [0.15, 0.2) is 9.50 Å². The number of thiazole rings is 1. The van der Waals surface area contributed by atoms with E-state index in [2.05, 4.69) is 50.1 Å². The van der Waals surface area contributed by atoms with E-state index in [-0.39, 0.29) is 0 Å². The molecule has 2 aromatic carbocycles. The number of fused-ring (bicyclic) bond motifs is 1. The van der Waals surface area contributed by atoms with Gasteiger partial charge in [-0.3, -0.25) is 0 Å². The second-order valence-corrected chi connectivity index (χ2v) is 7.40. The highest BCUT2D eigenvalue weighted by Crippen LogP contribution is 2.33. The molecule has 0 aliphatic carbocycles. The minimum atomic E-state index is 0.771. The van der Waals surface area contributed by atoms with Crippen LogP contribution < -0.4 is 0 Å². The Bertz CT molecular complexity index is 911. The number of rotatable bonds is 4. The number of aryl methyl sites for hydroxylation is 1. The van der Waals surface area contributed by atoms with Gasteiger partial charge in [0.25, 0.3) is 0 Å². The lowest BCUT2D eigenvalue weighted by molar-refractivity contribution is 0.688. The summed E-state index contributed by atoms with van der Waals surface area (Å²) in [5.74, 6) is 0.914. The van der Waals surface area contributed by atoms with E-state index in [0.29, 0.717) is 0 Å². The molecule has 2 heterocycles. The lowest BCUT2D eigenvalue weighted by Gasteiger charge is -2.07. The van der Waals surface area contributed by atoms with Crippen molar-refractivity contribution in [1.82, 2.24) is 19.7 Å². The maximum atomic E-state index is 4.67. The summed E-state index contributed by atoms with van der Waals surface area (Å²) in [5, 5.41) is 9.43. The van der Waals surface area contributed by atoms with Gasteiger partial charge in [-0.1, -0.05) is 42.5 Å². The molecule has 0 amide bonds. The normalized spacial score (nSPS) is 11.2. The maximum Gasteiger partial charge on any atom is 0.198 e. The molecule has 0 saturated heterocycles. The second kappa shape index (κ2) is 6.14. The van der Waals surface area contributed by atoms with Crippen LogP contribution >= 0.6 is 23.1 Å². The summed E-state index contributed by atoms with van der Waals surface area (Å²) in [7, 11) is 0. The van der Waals surface area contributed by atoms with Crippen molar-refractivity contribution in [3.05, 3.63) is 66.0 Å². The summed E-state index contributed by atoms with van der Waals surface area (Å²) in [5.41, 5.74) is 2.27. The predicted molar refractivity (Wildman–Crippen MR) is 94.0 cm³/mol. The third kappa shape index (κ3) is 3.00. The first-order valence-corrected chi connectivity index (χ1v) is 8.90. The molecule has 4 nitrogen and oxygen atoms in total. The van der Waals surface area contributed by atoms with Crippen LogP contribution in [0.15, 0.2) is 64.1 Å². The first kappa shape index (κ1) is 14.4. The van der Waals surface area contributed by atoms with Gasteiger partial charge in [0.1, 0.15) is 5.82 Å². The summed E-state index contributed by atoms with van der Waals surface area (Å²) in [6.07, 6.45) is 0. The van der Waals surface area contributed by atoms with Gasteiger partial charge in [0.2, 0.25) is 0 Å². The molecular formula is C17H14N4S2. The molecule has 0 saturated carbocycles. The Labute approximate surface area is 142 Å². The quantitative estimate of drug-likeness (QED) is 0.553. The lowest BCUT2D eigenvalue weighted by atomic mass is 10.2. The Balaban J connectivity index is 1.64. The number of hydrogen-bond donors (Lipinski definition) is 0. The van der Waals surface area contributed by atoms with E-state index < -0.39 is 0 Å². The molecular weight excluding hydrogens is 324 g/mol. The fraction of sp³-hybridized carbons (Fsp3) is 0.118. The second-order valence-electron chi connectivity index (χ2n) is 5.15. The molecule has 0 unspecified atom stereocenters. The Kier molecular flexibility index (Phi) is 3.85. The monoisotopic (exact) mass is 338 g/mol. The first-order chi connectivity index (χ1) is 11.3. The maximum absolute atomic E-state index is 4.67. The Morgan fingerprint density at radius 2 is 1.78 bits per heavy atom. The molecule has 6 heteroatoms. The number of hydrogen-bond acceptors (Lipinski definition) is 5. The molecule has 0 spiro atoms. The van der Waals surface area contributed by atoms with Crippen LogP contribution in [0.4, 0.5) is 0 Å². The largest absolute Gasteiger partial charge is 0.301 e.